The fourth-order valence-corrected chi connectivity index (χ4v) is 3.44. The van der Waals surface area contributed by atoms with Crippen LogP contribution in [0.15, 0.2) is 59.8 Å². The standard InChI is InChI=1S/C18H15F3N6O4S/c1-11-6-8-12(9-7-11)32(30,31)26-25-17-15(27(28)29)16(22-10-23-17)24-14-5-3-2-4-13(14)18(19,20)21/h2-10,26H,1H3,(H2,22,23,24,25). The number of alkyl halides is 3. The molecular weight excluding hydrogens is 453 g/mol. The van der Waals surface area contributed by atoms with E-state index in [9.17, 15) is 31.7 Å². The Labute approximate surface area is 179 Å². The molecule has 0 saturated heterocycles. The molecule has 0 bridgehead atoms. The van der Waals surface area contributed by atoms with Crippen molar-refractivity contribution in [3.63, 3.8) is 0 Å². The smallest absolute Gasteiger partial charge is 0.334 e. The Kier molecular flexibility index (Phi) is 6.27. The van der Waals surface area contributed by atoms with Crippen LogP contribution in [-0.4, -0.2) is 23.3 Å². The van der Waals surface area contributed by atoms with E-state index in [0.717, 1.165) is 30.1 Å². The highest BCUT2D eigenvalue weighted by Crippen LogP contribution is 2.38. The number of hydrazine groups is 1. The zero-order valence-corrected chi connectivity index (χ0v) is 17.0. The lowest BCUT2D eigenvalue weighted by atomic mass is 10.1. The third kappa shape index (κ3) is 5.09. The summed E-state index contributed by atoms with van der Waals surface area (Å²) in [6, 6.07) is 10.1. The van der Waals surface area contributed by atoms with Gasteiger partial charge in [-0.15, -0.1) is 4.83 Å². The Morgan fingerprint density at radius 3 is 2.25 bits per heavy atom. The summed E-state index contributed by atoms with van der Waals surface area (Å²) in [5.41, 5.74) is 0.533. The maximum absolute atomic E-state index is 13.2. The summed E-state index contributed by atoms with van der Waals surface area (Å²) >= 11 is 0. The predicted octanol–water partition coefficient (Wildman–Crippen LogP) is 3.76. The molecule has 3 aromatic rings. The number of anilines is 3. The molecule has 10 nitrogen and oxygen atoms in total. The highest BCUT2D eigenvalue weighted by atomic mass is 32.2. The number of aryl methyl sites for hydroxylation is 1. The molecule has 0 amide bonds. The van der Waals surface area contributed by atoms with Crippen molar-refractivity contribution < 1.29 is 26.5 Å². The van der Waals surface area contributed by atoms with E-state index in [1.807, 2.05) is 4.83 Å². The fraction of sp³-hybridized carbons (Fsp3) is 0.111. The molecule has 0 saturated carbocycles. The quantitative estimate of drug-likeness (QED) is 0.352. The maximum Gasteiger partial charge on any atom is 0.418 e. The van der Waals surface area contributed by atoms with E-state index in [2.05, 4.69) is 20.7 Å². The van der Waals surface area contributed by atoms with Crippen LogP contribution in [0.25, 0.3) is 0 Å². The third-order valence-corrected chi connectivity index (χ3v) is 5.39. The molecule has 0 radical (unpaired) electrons. The second-order valence-electron chi connectivity index (χ2n) is 6.39. The van der Waals surface area contributed by atoms with Gasteiger partial charge in [-0.1, -0.05) is 29.8 Å². The van der Waals surface area contributed by atoms with Crippen LogP contribution in [0.2, 0.25) is 0 Å². The number of benzene rings is 2. The Hall–Kier alpha value is -3.78. The molecule has 1 aromatic heterocycles. The number of rotatable bonds is 7. The van der Waals surface area contributed by atoms with Crippen molar-refractivity contribution in [2.75, 3.05) is 10.7 Å². The number of nitro groups is 1. The van der Waals surface area contributed by atoms with Crippen LogP contribution in [0.3, 0.4) is 0 Å². The van der Waals surface area contributed by atoms with Crippen molar-refractivity contribution in [3.8, 4) is 0 Å². The van der Waals surface area contributed by atoms with Gasteiger partial charge in [0.25, 0.3) is 10.0 Å². The monoisotopic (exact) mass is 468 g/mol. The number of halogens is 3. The highest BCUT2D eigenvalue weighted by Gasteiger charge is 2.34. The molecule has 1 heterocycles. The number of hydrogen-bond donors (Lipinski definition) is 3. The van der Waals surface area contributed by atoms with Gasteiger partial charge >= 0.3 is 11.9 Å². The van der Waals surface area contributed by atoms with Crippen LogP contribution in [0.5, 0.6) is 0 Å². The van der Waals surface area contributed by atoms with Crippen molar-refractivity contribution in [2.45, 2.75) is 18.0 Å². The third-order valence-electron chi connectivity index (χ3n) is 4.13. The van der Waals surface area contributed by atoms with Crippen LogP contribution in [0, 0.1) is 17.0 Å². The van der Waals surface area contributed by atoms with Gasteiger partial charge in [0.05, 0.1) is 21.1 Å². The van der Waals surface area contributed by atoms with E-state index < -0.39 is 49.7 Å². The fourth-order valence-electron chi connectivity index (χ4n) is 2.59. The SMILES string of the molecule is Cc1ccc(S(=O)(=O)NNc2ncnc(Nc3ccccc3C(F)(F)F)c2[N+](=O)[O-])cc1. The van der Waals surface area contributed by atoms with Crippen molar-refractivity contribution in [2.24, 2.45) is 0 Å². The van der Waals surface area contributed by atoms with Crippen molar-refractivity contribution >= 4 is 33.0 Å². The second kappa shape index (κ2) is 8.76. The van der Waals surface area contributed by atoms with E-state index >= 15 is 0 Å². The summed E-state index contributed by atoms with van der Waals surface area (Å²) in [7, 11) is -4.13. The number of sulfonamides is 1. The van der Waals surface area contributed by atoms with Gasteiger partial charge in [0, 0.05) is 0 Å². The van der Waals surface area contributed by atoms with Gasteiger partial charge in [0.2, 0.25) is 11.6 Å². The average molecular weight is 468 g/mol. The van der Waals surface area contributed by atoms with Gasteiger partial charge in [-0.25, -0.2) is 18.4 Å². The first-order valence-corrected chi connectivity index (χ1v) is 10.2. The van der Waals surface area contributed by atoms with E-state index in [1.165, 1.54) is 18.2 Å². The minimum Gasteiger partial charge on any atom is -0.334 e. The largest absolute Gasteiger partial charge is 0.418 e. The van der Waals surface area contributed by atoms with Crippen molar-refractivity contribution in [1.29, 1.82) is 0 Å². The molecule has 0 spiro atoms. The first-order chi connectivity index (χ1) is 15.0. The van der Waals surface area contributed by atoms with E-state index in [4.69, 9.17) is 0 Å². The van der Waals surface area contributed by atoms with Gasteiger partial charge in [-0.3, -0.25) is 15.5 Å². The summed E-state index contributed by atoms with van der Waals surface area (Å²) in [6.45, 7) is 1.76. The molecule has 3 rings (SSSR count). The first-order valence-electron chi connectivity index (χ1n) is 8.76. The molecule has 14 heteroatoms. The normalized spacial score (nSPS) is 11.8. The molecule has 3 N–H and O–H groups in total. The number of hydrogen-bond acceptors (Lipinski definition) is 8. The van der Waals surface area contributed by atoms with Gasteiger partial charge < -0.3 is 5.32 Å². The highest BCUT2D eigenvalue weighted by molar-refractivity contribution is 7.89. The number of nitrogens with one attached hydrogen (secondary N) is 3. The van der Waals surface area contributed by atoms with Crippen LogP contribution in [0.1, 0.15) is 11.1 Å². The van der Waals surface area contributed by atoms with Crippen LogP contribution < -0.4 is 15.6 Å². The Bertz CT molecular complexity index is 1250. The van der Waals surface area contributed by atoms with Gasteiger partial charge in [-0.05, 0) is 31.2 Å². The van der Waals surface area contributed by atoms with Gasteiger partial charge in [0.1, 0.15) is 6.33 Å². The number of aromatic nitrogens is 2. The zero-order chi connectivity index (χ0) is 23.5. The second-order valence-corrected chi connectivity index (χ2v) is 8.07. The van der Waals surface area contributed by atoms with Gasteiger partial charge in [-0.2, -0.15) is 13.2 Å². The first kappa shape index (κ1) is 22.9. The summed E-state index contributed by atoms with van der Waals surface area (Å²) in [5.74, 6) is -1.15. The van der Waals surface area contributed by atoms with E-state index in [-0.39, 0.29) is 4.90 Å². The van der Waals surface area contributed by atoms with E-state index in [0.29, 0.717) is 0 Å². The molecule has 0 aliphatic rings. The lowest BCUT2D eigenvalue weighted by Crippen LogP contribution is -2.30. The lowest BCUT2D eigenvalue weighted by Gasteiger charge is -2.15. The summed E-state index contributed by atoms with van der Waals surface area (Å²) < 4.78 is 64.5. The number of nitrogens with zero attached hydrogens (tertiary/aromatic N) is 3. The molecule has 0 aliphatic carbocycles. The number of para-hydroxylation sites is 1. The van der Waals surface area contributed by atoms with Crippen LogP contribution >= 0.6 is 0 Å². The molecule has 0 fully saturated rings. The molecule has 168 valence electrons. The van der Waals surface area contributed by atoms with Crippen molar-refractivity contribution in [3.05, 3.63) is 76.1 Å². The minimum atomic E-state index is -4.73. The molecule has 0 atom stereocenters. The predicted molar refractivity (Wildman–Crippen MR) is 109 cm³/mol. The van der Waals surface area contributed by atoms with E-state index in [1.54, 1.807) is 19.1 Å². The molecule has 2 aromatic carbocycles. The minimum absolute atomic E-state index is 0.121. The maximum atomic E-state index is 13.2. The molecule has 0 aliphatic heterocycles. The molecule has 0 unspecified atom stereocenters. The summed E-state index contributed by atoms with van der Waals surface area (Å²) in [4.78, 5) is 19.7. The Balaban J connectivity index is 1.93. The van der Waals surface area contributed by atoms with Gasteiger partial charge in [0.15, 0.2) is 0 Å². The average Bonchev–Trinajstić information content (AvgIpc) is 2.72. The molecular formula is C18H15F3N6O4S. The Morgan fingerprint density at radius 2 is 1.62 bits per heavy atom. The Morgan fingerprint density at radius 1 is 1.00 bits per heavy atom. The van der Waals surface area contributed by atoms with Crippen molar-refractivity contribution in [1.82, 2.24) is 14.8 Å². The summed E-state index contributed by atoms with van der Waals surface area (Å²) in [5, 5.41) is 13.9. The molecule has 32 heavy (non-hydrogen) atoms. The van der Waals surface area contributed by atoms with Crippen LogP contribution in [0.4, 0.5) is 36.2 Å². The topological polar surface area (TPSA) is 139 Å². The lowest BCUT2D eigenvalue weighted by molar-refractivity contribution is -0.383. The summed E-state index contributed by atoms with van der Waals surface area (Å²) in [6.07, 6.45) is -3.90. The van der Waals surface area contributed by atoms with Crippen LogP contribution in [-0.2, 0) is 16.2 Å². The zero-order valence-electron chi connectivity index (χ0n) is 16.2.